The molecule has 2 atom stereocenters. The molecule has 0 aliphatic heterocycles. The normalized spacial score (nSPS) is 12.6. The molecule has 0 bridgehead atoms. The van der Waals surface area contributed by atoms with Crippen molar-refractivity contribution in [3.8, 4) is 0 Å². The SMILES string of the molecule is CC(F)C(=O)[O-].CC(F)C(=O)[O-].[Zn+2]. The van der Waals surface area contributed by atoms with Crippen LogP contribution in [0.4, 0.5) is 8.78 Å². The van der Waals surface area contributed by atoms with Crippen LogP contribution in [0, 0.1) is 0 Å². The van der Waals surface area contributed by atoms with Crippen molar-refractivity contribution in [2.45, 2.75) is 26.2 Å². The molecule has 0 fully saturated rings. The number of carboxylic acids is 2. The van der Waals surface area contributed by atoms with Gasteiger partial charge in [-0.25, -0.2) is 8.78 Å². The van der Waals surface area contributed by atoms with E-state index in [0.717, 1.165) is 13.8 Å². The van der Waals surface area contributed by atoms with Gasteiger partial charge in [-0.05, 0) is 13.8 Å². The van der Waals surface area contributed by atoms with Gasteiger partial charge in [0, 0.05) is 0 Å². The minimum absolute atomic E-state index is 0. The van der Waals surface area contributed by atoms with Crippen LogP contribution in [0.5, 0.6) is 0 Å². The number of carbonyl (C=O) groups excluding carboxylic acids is 2. The molecule has 0 saturated heterocycles. The molecular weight excluding hydrogens is 239 g/mol. The first kappa shape index (κ1) is 18.3. The summed E-state index contributed by atoms with van der Waals surface area (Å²) in [5.74, 6) is -3.31. The van der Waals surface area contributed by atoms with E-state index >= 15 is 0 Å². The fourth-order valence-electron chi connectivity index (χ4n) is 0. The number of rotatable bonds is 2. The summed E-state index contributed by atoms with van der Waals surface area (Å²) in [5.41, 5.74) is 0. The second-order valence-electron chi connectivity index (χ2n) is 1.87. The van der Waals surface area contributed by atoms with Gasteiger partial charge in [0.25, 0.3) is 0 Å². The molecule has 0 aromatic rings. The van der Waals surface area contributed by atoms with E-state index in [1.165, 1.54) is 0 Å². The van der Waals surface area contributed by atoms with Crippen LogP contribution in [0.3, 0.4) is 0 Å². The van der Waals surface area contributed by atoms with Crippen molar-refractivity contribution in [2.24, 2.45) is 0 Å². The molecule has 0 aromatic carbocycles. The monoisotopic (exact) mass is 246 g/mol. The molecule has 2 unspecified atom stereocenters. The van der Waals surface area contributed by atoms with E-state index in [0.29, 0.717) is 0 Å². The first-order chi connectivity index (χ1) is 5.29. The molecular formula is C6H8F2O4Zn. The Morgan fingerprint density at radius 1 is 1.00 bits per heavy atom. The molecule has 7 heteroatoms. The van der Waals surface area contributed by atoms with Gasteiger partial charge in [0.15, 0.2) is 0 Å². The quantitative estimate of drug-likeness (QED) is 0.539. The first-order valence-electron chi connectivity index (χ1n) is 2.98. The molecule has 0 N–H and O–H groups in total. The molecule has 0 heterocycles. The van der Waals surface area contributed by atoms with Crippen molar-refractivity contribution in [2.75, 3.05) is 0 Å². The van der Waals surface area contributed by atoms with Gasteiger partial charge in [0.1, 0.15) is 12.3 Å². The molecule has 0 amide bonds. The molecule has 0 radical (unpaired) electrons. The van der Waals surface area contributed by atoms with E-state index in [1.54, 1.807) is 0 Å². The van der Waals surface area contributed by atoms with Gasteiger partial charge in [-0.2, -0.15) is 0 Å². The standard InChI is InChI=1S/2C3H5FO2.Zn/c2*1-2(4)3(5)6;/h2*2H,1H3,(H,5,6);/q;;+2/p-2. The minimum atomic E-state index is -1.84. The second-order valence-corrected chi connectivity index (χ2v) is 1.87. The number of halogens is 2. The fourth-order valence-corrected chi connectivity index (χ4v) is 0. The average Bonchev–Trinajstić information content (AvgIpc) is 1.88. The van der Waals surface area contributed by atoms with Crippen LogP contribution in [0.2, 0.25) is 0 Å². The van der Waals surface area contributed by atoms with E-state index in [1.807, 2.05) is 0 Å². The van der Waals surface area contributed by atoms with Crippen LogP contribution in [-0.2, 0) is 29.1 Å². The Morgan fingerprint density at radius 2 is 1.08 bits per heavy atom. The number of carboxylic acid groups (broad SMARTS) is 2. The third-order valence-electron chi connectivity index (χ3n) is 0.650. The third kappa shape index (κ3) is 18.4. The Hall–Kier alpha value is -0.577. The molecule has 0 saturated carbocycles. The number of alkyl halides is 2. The maximum absolute atomic E-state index is 11.2. The number of carbonyl (C=O) groups is 2. The molecule has 0 aliphatic rings. The van der Waals surface area contributed by atoms with E-state index in [4.69, 9.17) is 0 Å². The second kappa shape index (κ2) is 9.51. The predicted octanol–water partition coefficient (Wildman–Crippen LogP) is -1.81. The fraction of sp³-hybridized carbons (Fsp3) is 0.667. The van der Waals surface area contributed by atoms with Gasteiger partial charge in [0.05, 0.1) is 11.9 Å². The zero-order valence-corrected chi connectivity index (χ0v) is 10.2. The van der Waals surface area contributed by atoms with E-state index < -0.39 is 24.3 Å². The Labute approximate surface area is 86.7 Å². The van der Waals surface area contributed by atoms with Crippen LogP contribution >= 0.6 is 0 Å². The van der Waals surface area contributed by atoms with Crippen molar-refractivity contribution in [1.29, 1.82) is 0 Å². The average molecular weight is 248 g/mol. The van der Waals surface area contributed by atoms with Crippen molar-refractivity contribution in [3.05, 3.63) is 0 Å². The van der Waals surface area contributed by atoms with Crippen molar-refractivity contribution >= 4 is 11.9 Å². The Balaban J connectivity index is -0.000000143. The molecule has 0 spiro atoms. The summed E-state index contributed by atoms with van der Waals surface area (Å²) in [7, 11) is 0. The Kier molecular flexibility index (Phi) is 13.4. The molecule has 4 nitrogen and oxygen atoms in total. The maximum atomic E-state index is 11.2. The summed E-state index contributed by atoms with van der Waals surface area (Å²) in [5, 5.41) is 18.4. The predicted molar refractivity (Wildman–Crippen MR) is 31.2 cm³/mol. The summed E-state index contributed by atoms with van der Waals surface area (Å²) < 4.78 is 22.3. The number of aliphatic carboxylic acids is 2. The Bertz CT molecular complexity index is 143. The van der Waals surface area contributed by atoms with Crippen LogP contribution in [-0.4, -0.2) is 24.3 Å². The molecule has 72 valence electrons. The van der Waals surface area contributed by atoms with Gasteiger partial charge < -0.3 is 19.8 Å². The Morgan fingerprint density at radius 3 is 1.08 bits per heavy atom. The third-order valence-corrected chi connectivity index (χ3v) is 0.650. The van der Waals surface area contributed by atoms with Gasteiger partial charge in [0.2, 0.25) is 0 Å². The van der Waals surface area contributed by atoms with Gasteiger partial charge in [-0.15, -0.1) is 0 Å². The van der Waals surface area contributed by atoms with Crippen molar-refractivity contribution < 1.29 is 48.1 Å². The first-order valence-corrected chi connectivity index (χ1v) is 2.98. The zero-order chi connectivity index (χ0) is 10.3. The zero-order valence-electron chi connectivity index (χ0n) is 7.25. The van der Waals surface area contributed by atoms with Crippen molar-refractivity contribution in [1.82, 2.24) is 0 Å². The summed E-state index contributed by atoms with van der Waals surface area (Å²) in [4.78, 5) is 18.4. The van der Waals surface area contributed by atoms with E-state index in [9.17, 15) is 28.6 Å². The van der Waals surface area contributed by atoms with Gasteiger partial charge in [-0.3, -0.25) is 0 Å². The molecule has 0 rings (SSSR count). The summed E-state index contributed by atoms with van der Waals surface area (Å²) >= 11 is 0. The molecule has 0 aromatic heterocycles. The van der Waals surface area contributed by atoms with Gasteiger partial charge >= 0.3 is 19.5 Å². The number of hydrogen-bond acceptors (Lipinski definition) is 4. The number of hydrogen-bond donors (Lipinski definition) is 0. The van der Waals surface area contributed by atoms with Crippen LogP contribution in [0.25, 0.3) is 0 Å². The summed E-state index contributed by atoms with van der Waals surface area (Å²) in [6, 6.07) is 0. The van der Waals surface area contributed by atoms with E-state index in [2.05, 4.69) is 0 Å². The van der Waals surface area contributed by atoms with Crippen LogP contribution in [0.15, 0.2) is 0 Å². The van der Waals surface area contributed by atoms with E-state index in [-0.39, 0.29) is 19.5 Å². The van der Waals surface area contributed by atoms with Crippen LogP contribution in [0.1, 0.15) is 13.8 Å². The summed E-state index contributed by atoms with van der Waals surface area (Å²) in [6.45, 7) is 1.82. The maximum Gasteiger partial charge on any atom is 2.00 e. The van der Waals surface area contributed by atoms with Crippen molar-refractivity contribution in [3.63, 3.8) is 0 Å². The topological polar surface area (TPSA) is 80.3 Å². The molecule has 0 aliphatic carbocycles. The van der Waals surface area contributed by atoms with Gasteiger partial charge in [-0.1, -0.05) is 0 Å². The molecule has 13 heavy (non-hydrogen) atoms. The van der Waals surface area contributed by atoms with Crippen LogP contribution < -0.4 is 10.2 Å². The minimum Gasteiger partial charge on any atom is -0.547 e. The summed E-state index contributed by atoms with van der Waals surface area (Å²) in [6.07, 6.45) is -3.69. The largest absolute Gasteiger partial charge is 2.00 e. The smallest absolute Gasteiger partial charge is 0.547 e.